The molecule has 3 amide bonds. The van der Waals surface area contributed by atoms with Crippen molar-refractivity contribution in [2.24, 2.45) is 17.8 Å². The Labute approximate surface area is 285 Å². The molecule has 0 spiro atoms. The number of carbonyl (C=O) groups excluding carboxylic acids is 2. The van der Waals surface area contributed by atoms with Crippen molar-refractivity contribution < 1.29 is 35.5 Å². The Morgan fingerprint density at radius 1 is 0.939 bits per heavy atom. The van der Waals surface area contributed by atoms with Gasteiger partial charge in [-0.25, -0.2) is 9.59 Å². The summed E-state index contributed by atoms with van der Waals surface area (Å²) in [6, 6.07) is 9.01. The van der Waals surface area contributed by atoms with E-state index in [9.17, 15) is 31.2 Å². The van der Waals surface area contributed by atoms with Crippen LogP contribution in [-0.4, -0.2) is 131 Å². The standard InChI is InChI=1S/C30H44N8O9S2/c1-20(37-16-24-23(25(24)17-37)15-31-18-48(42,43)44)14-21-4-6-22(7-5-21)38-9-8-26(34-29(38)41)33-28(40)36-12-10-35(11-13-36)27(39)30(2,3)32-19-49(45,46)47/h4-9,20,23-25,31-32H,10-19H2,1-3H3,(H,42,43,44)(H,45,46,47)(H,33,34,40,41)/t20?,23-,24-,25+. The monoisotopic (exact) mass is 724 g/mol. The summed E-state index contributed by atoms with van der Waals surface area (Å²) in [6.45, 7) is 8.57. The van der Waals surface area contributed by atoms with Gasteiger partial charge in [-0.3, -0.25) is 34.0 Å². The van der Waals surface area contributed by atoms with Crippen molar-refractivity contribution in [1.29, 1.82) is 0 Å². The van der Waals surface area contributed by atoms with Crippen molar-refractivity contribution in [3.05, 3.63) is 52.6 Å². The van der Waals surface area contributed by atoms with Crippen LogP contribution in [-0.2, 0) is 31.5 Å². The number of carbonyl (C=O) groups is 2. The Balaban J connectivity index is 1.07. The van der Waals surface area contributed by atoms with Crippen LogP contribution in [0.4, 0.5) is 10.6 Å². The lowest BCUT2D eigenvalue weighted by molar-refractivity contribution is -0.138. The number of benzene rings is 1. The van der Waals surface area contributed by atoms with Crippen molar-refractivity contribution in [1.82, 2.24) is 34.9 Å². The van der Waals surface area contributed by atoms with E-state index in [4.69, 9.17) is 9.11 Å². The van der Waals surface area contributed by atoms with Crippen LogP contribution in [0.2, 0.25) is 0 Å². The van der Waals surface area contributed by atoms with Crippen LogP contribution in [0.1, 0.15) is 26.3 Å². The zero-order valence-electron chi connectivity index (χ0n) is 27.6. The number of amides is 3. The van der Waals surface area contributed by atoms with E-state index in [1.165, 1.54) is 34.3 Å². The highest BCUT2D eigenvalue weighted by Crippen LogP contribution is 2.51. The van der Waals surface area contributed by atoms with Crippen LogP contribution in [0.3, 0.4) is 0 Å². The molecule has 4 atom stereocenters. The molecule has 3 aliphatic rings. The largest absolute Gasteiger partial charge is 0.354 e. The van der Waals surface area contributed by atoms with E-state index in [0.717, 1.165) is 25.1 Å². The fourth-order valence-electron chi connectivity index (χ4n) is 6.68. The first kappa shape index (κ1) is 36.8. The van der Waals surface area contributed by atoms with E-state index < -0.39 is 49.2 Å². The molecule has 19 heteroatoms. The van der Waals surface area contributed by atoms with E-state index in [-0.39, 0.29) is 37.9 Å². The second kappa shape index (κ2) is 14.4. The van der Waals surface area contributed by atoms with Gasteiger partial charge < -0.3 is 15.1 Å². The third-order valence-corrected chi connectivity index (χ3v) is 10.6. The molecule has 17 nitrogen and oxygen atoms in total. The van der Waals surface area contributed by atoms with Gasteiger partial charge in [0.15, 0.2) is 0 Å². The summed E-state index contributed by atoms with van der Waals surface area (Å²) in [6.07, 6.45) is 2.37. The van der Waals surface area contributed by atoms with Gasteiger partial charge in [-0.15, -0.1) is 0 Å². The molecule has 3 heterocycles. The van der Waals surface area contributed by atoms with Crippen LogP contribution in [0.5, 0.6) is 0 Å². The molecule has 3 fully saturated rings. The van der Waals surface area contributed by atoms with Gasteiger partial charge in [0.25, 0.3) is 20.2 Å². The molecule has 270 valence electrons. The summed E-state index contributed by atoms with van der Waals surface area (Å²) in [7, 11) is -8.30. The molecular formula is C30H44N8O9S2. The third-order valence-electron chi connectivity index (χ3n) is 9.56. The normalized spacial score (nSPS) is 22.1. The van der Waals surface area contributed by atoms with Crippen molar-refractivity contribution in [2.75, 3.05) is 62.9 Å². The molecule has 5 rings (SSSR count). The number of urea groups is 1. The number of rotatable bonds is 13. The average molecular weight is 725 g/mol. The Morgan fingerprint density at radius 3 is 2.10 bits per heavy atom. The fourth-order valence-corrected chi connectivity index (χ4v) is 7.59. The summed E-state index contributed by atoms with van der Waals surface area (Å²) in [5, 5.41) is 7.99. The topological polar surface area (TPSA) is 224 Å². The predicted octanol–water partition coefficient (Wildman–Crippen LogP) is -0.334. The number of nitrogens with one attached hydrogen (secondary N) is 3. The highest BCUT2D eigenvalue weighted by Gasteiger charge is 2.55. The number of hydrogen-bond donors (Lipinski definition) is 5. The summed E-state index contributed by atoms with van der Waals surface area (Å²) in [5.74, 6) is 0.0566. The van der Waals surface area contributed by atoms with Crippen LogP contribution in [0, 0.1) is 17.8 Å². The molecule has 1 aromatic carbocycles. The molecule has 2 aromatic rings. The number of aromatic nitrogens is 2. The minimum Gasteiger partial charge on any atom is -0.338 e. The number of fused-ring (bicyclic) bond motifs is 1. The Bertz CT molecular complexity index is 1800. The molecule has 5 N–H and O–H groups in total. The molecule has 2 aliphatic heterocycles. The maximum atomic E-state index is 12.9. The van der Waals surface area contributed by atoms with Crippen molar-refractivity contribution in [2.45, 2.75) is 38.8 Å². The average Bonchev–Trinajstić information content (AvgIpc) is 3.45. The SMILES string of the molecule is CC(Cc1ccc(-n2ccc(NC(=O)N3CCN(C(=O)C(C)(C)NCS(=O)(=O)O)CC3)nc2=O)cc1)N1C[C@@H]2[C@@H](CNCS(=O)(=O)O)[C@@H]2C1. The minimum absolute atomic E-state index is 0.0888. The number of nitrogens with zero attached hydrogens (tertiary/aromatic N) is 5. The van der Waals surface area contributed by atoms with Gasteiger partial charge in [0, 0.05) is 51.5 Å². The smallest absolute Gasteiger partial charge is 0.338 e. The Morgan fingerprint density at radius 2 is 1.53 bits per heavy atom. The van der Waals surface area contributed by atoms with Crippen molar-refractivity contribution >= 4 is 38.0 Å². The molecular weight excluding hydrogens is 681 g/mol. The summed E-state index contributed by atoms with van der Waals surface area (Å²) in [5.41, 5.74) is -0.0628. The first-order valence-corrected chi connectivity index (χ1v) is 19.3. The number of anilines is 1. The van der Waals surface area contributed by atoms with Gasteiger partial charge >= 0.3 is 11.7 Å². The Hall–Kier alpha value is -3.46. The van der Waals surface area contributed by atoms with Crippen molar-refractivity contribution in [3.8, 4) is 5.69 Å². The van der Waals surface area contributed by atoms with E-state index in [1.807, 2.05) is 24.3 Å². The van der Waals surface area contributed by atoms with Crippen molar-refractivity contribution in [3.63, 3.8) is 0 Å². The molecule has 1 unspecified atom stereocenters. The van der Waals surface area contributed by atoms with E-state index >= 15 is 0 Å². The molecule has 1 aromatic heterocycles. The third kappa shape index (κ3) is 9.62. The molecule has 2 saturated heterocycles. The van der Waals surface area contributed by atoms with Gasteiger partial charge in [0.2, 0.25) is 5.91 Å². The number of piperazine rings is 1. The van der Waals surface area contributed by atoms with Gasteiger partial charge in [-0.1, -0.05) is 12.1 Å². The maximum Gasteiger partial charge on any atom is 0.354 e. The first-order valence-electron chi connectivity index (χ1n) is 16.0. The van der Waals surface area contributed by atoms with Gasteiger partial charge in [-0.2, -0.15) is 21.8 Å². The van der Waals surface area contributed by atoms with E-state index in [0.29, 0.717) is 36.0 Å². The molecule has 49 heavy (non-hydrogen) atoms. The lowest BCUT2D eigenvalue weighted by atomic mass is 10.0. The zero-order valence-corrected chi connectivity index (χ0v) is 29.3. The van der Waals surface area contributed by atoms with E-state index in [1.54, 1.807) is 6.20 Å². The number of piperidine rings is 1. The summed E-state index contributed by atoms with van der Waals surface area (Å²) < 4.78 is 63.2. The highest BCUT2D eigenvalue weighted by atomic mass is 32.2. The quantitative estimate of drug-likeness (QED) is 0.167. The van der Waals surface area contributed by atoms with Crippen LogP contribution < -0.4 is 21.6 Å². The molecule has 0 radical (unpaired) electrons. The van der Waals surface area contributed by atoms with Crippen LogP contribution >= 0.6 is 0 Å². The first-order chi connectivity index (χ1) is 22.9. The number of likely N-dealkylation sites (tertiary alicyclic amines) is 1. The van der Waals surface area contributed by atoms with Crippen LogP contribution in [0.25, 0.3) is 5.69 Å². The number of hydrogen-bond acceptors (Lipinski definition) is 11. The van der Waals surface area contributed by atoms with Gasteiger partial charge in [0.1, 0.15) is 17.6 Å². The fraction of sp³-hybridized carbons (Fsp3) is 0.600. The second-order valence-corrected chi connectivity index (χ2v) is 16.5. The molecule has 0 bridgehead atoms. The summed E-state index contributed by atoms with van der Waals surface area (Å²) >= 11 is 0. The minimum atomic E-state index is -4.30. The van der Waals surface area contributed by atoms with E-state index in [2.05, 4.69) is 32.8 Å². The van der Waals surface area contributed by atoms with Gasteiger partial charge in [-0.05, 0) is 75.3 Å². The predicted molar refractivity (Wildman–Crippen MR) is 180 cm³/mol. The Kier molecular flexibility index (Phi) is 10.8. The zero-order chi connectivity index (χ0) is 35.7. The lowest BCUT2D eigenvalue weighted by Gasteiger charge is -2.38. The maximum absolute atomic E-state index is 12.9. The summed E-state index contributed by atoms with van der Waals surface area (Å²) in [4.78, 5) is 48.1. The molecule has 1 aliphatic carbocycles. The molecule has 1 saturated carbocycles. The van der Waals surface area contributed by atoms with Gasteiger partial charge in [0.05, 0.1) is 11.2 Å². The van der Waals surface area contributed by atoms with Crippen LogP contribution in [0.15, 0.2) is 41.3 Å². The second-order valence-electron chi connectivity index (χ2n) is 13.5. The highest BCUT2D eigenvalue weighted by molar-refractivity contribution is 7.85. The lowest BCUT2D eigenvalue weighted by Crippen LogP contribution is -2.60.